The van der Waals surface area contributed by atoms with Gasteiger partial charge in [0.1, 0.15) is 0 Å². The van der Waals surface area contributed by atoms with E-state index in [0.717, 1.165) is 9.79 Å². The Balaban J connectivity index is 0.000000337. The number of hydrogen-bond acceptors (Lipinski definition) is 4. The number of carbonyl (C=O) groups is 2. The van der Waals surface area contributed by atoms with E-state index in [1.807, 2.05) is 60.7 Å². The summed E-state index contributed by atoms with van der Waals surface area (Å²) in [5, 5.41) is 16.3. The SMILES string of the molecule is O=C(O)CCCCC(=O)O.Sc1ccccc1.Sc1ccccc1. The molecule has 0 aliphatic carbocycles. The summed E-state index contributed by atoms with van der Waals surface area (Å²) in [6, 6.07) is 19.6. The second-order valence-electron chi connectivity index (χ2n) is 4.67. The molecule has 2 aromatic carbocycles. The lowest BCUT2D eigenvalue weighted by molar-refractivity contribution is -0.139. The molecule has 4 nitrogen and oxygen atoms in total. The predicted octanol–water partition coefficient (Wildman–Crippen LogP) is 4.67. The van der Waals surface area contributed by atoms with Crippen LogP contribution in [0.3, 0.4) is 0 Å². The van der Waals surface area contributed by atoms with Gasteiger partial charge in [-0.25, -0.2) is 0 Å². The van der Waals surface area contributed by atoms with E-state index in [0.29, 0.717) is 12.8 Å². The number of benzene rings is 2. The predicted molar refractivity (Wildman–Crippen MR) is 101 cm³/mol. The van der Waals surface area contributed by atoms with Crippen molar-refractivity contribution in [3.05, 3.63) is 60.7 Å². The largest absolute Gasteiger partial charge is 0.481 e. The number of carboxylic acids is 2. The zero-order chi connectivity index (χ0) is 18.2. The van der Waals surface area contributed by atoms with Crippen LogP contribution in [0.2, 0.25) is 0 Å². The monoisotopic (exact) mass is 366 g/mol. The Hall–Kier alpha value is -1.92. The number of carboxylic acid groups (broad SMARTS) is 2. The fourth-order valence-corrected chi connectivity index (χ4v) is 1.75. The summed E-state index contributed by atoms with van der Waals surface area (Å²) in [6.07, 6.45) is 1.02. The first-order valence-electron chi connectivity index (χ1n) is 7.33. The Morgan fingerprint density at radius 3 is 1.12 bits per heavy atom. The number of thiol groups is 2. The summed E-state index contributed by atoms with van der Waals surface area (Å²) >= 11 is 8.17. The first-order chi connectivity index (χ1) is 11.4. The van der Waals surface area contributed by atoms with Crippen molar-refractivity contribution >= 4 is 37.2 Å². The molecule has 0 saturated carbocycles. The van der Waals surface area contributed by atoms with Crippen LogP contribution in [-0.2, 0) is 9.59 Å². The molecule has 0 heterocycles. The standard InChI is InChI=1S/C6H10O4.2C6H6S/c7-5(8)3-1-2-4-6(9)10;2*7-6-4-2-1-3-5-6/h1-4H2,(H,7,8)(H,9,10);2*1-5,7H. The molecule has 0 aromatic heterocycles. The van der Waals surface area contributed by atoms with Gasteiger partial charge in [0.25, 0.3) is 0 Å². The van der Waals surface area contributed by atoms with Gasteiger partial charge in [-0.3, -0.25) is 9.59 Å². The second-order valence-corrected chi connectivity index (χ2v) is 5.70. The van der Waals surface area contributed by atoms with Gasteiger partial charge in [0, 0.05) is 22.6 Å². The summed E-state index contributed by atoms with van der Waals surface area (Å²) < 4.78 is 0. The minimum absolute atomic E-state index is 0.0628. The van der Waals surface area contributed by atoms with Crippen LogP contribution in [0.15, 0.2) is 70.5 Å². The first-order valence-corrected chi connectivity index (χ1v) is 8.23. The molecular formula is C18H22O4S2. The molecule has 0 radical (unpaired) electrons. The van der Waals surface area contributed by atoms with Crippen molar-refractivity contribution in [2.24, 2.45) is 0 Å². The molecule has 0 amide bonds. The average Bonchev–Trinajstić information content (AvgIpc) is 2.54. The molecule has 2 N–H and O–H groups in total. The summed E-state index contributed by atoms with van der Waals surface area (Å²) in [7, 11) is 0. The number of unbranched alkanes of at least 4 members (excludes halogenated alkanes) is 1. The average molecular weight is 367 g/mol. The van der Waals surface area contributed by atoms with Gasteiger partial charge < -0.3 is 10.2 Å². The van der Waals surface area contributed by atoms with Crippen molar-refractivity contribution in [3.63, 3.8) is 0 Å². The van der Waals surface area contributed by atoms with Gasteiger partial charge in [-0.1, -0.05) is 36.4 Å². The topological polar surface area (TPSA) is 74.6 Å². The Kier molecular flexibility index (Phi) is 13.5. The Labute approximate surface area is 153 Å². The molecule has 0 atom stereocenters. The van der Waals surface area contributed by atoms with Crippen molar-refractivity contribution in [2.75, 3.05) is 0 Å². The Morgan fingerprint density at radius 2 is 0.958 bits per heavy atom. The van der Waals surface area contributed by atoms with E-state index >= 15 is 0 Å². The Morgan fingerprint density at radius 1 is 0.667 bits per heavy atom. The van der Waals surface area contributed by atoms with Gasteiger partial charge in [0.2, 0.25) is 0 Å². The number of hydrogen-bond donors (Lipinski definition) is 4. The van der Waals surface area contributed by atoms with E-state index in [1.165, 1.54) is 0 Å². The molecule has 0 spiro atoms. The quantitative estimate of drug-likeness (QED) is 0.458. The maximum absolute atomic E-state index is 9.90. The zero-order valence-corrected chi connectivity index (χ0v) is 15.0. The summed E-state index contributed by atoms with van der Waals surface area (Å²) in [5.41, 5.74) is 0. The lowest BCUT2D eigenvalue weighted by Crippen LogP contribution is -1.97. The fraction of sp³-hybridized carbons (Fsp3) is 0.222. The van der Waals surface area contributed by atoms with E-state index in [4.69, 9.17) is 10.2 Å². The highest BCUT2D eigenvalue weighted by Gasteiger charge is 1.99. The van der Waals surface area contributed by atoms with Crippen molar-refractivity contribution in [1.82, 2.24) is 0 Å². The summed E-state index contributed by atoms with van der Waals surface area (Å²) in [6.45, 7) is 0. The van der Waals surface area contributed by atoms with E-state index in [9.17, 15) is 9.59 Å². The van der Waals surface area contributed by atoms with E-state index in [2.05, 4.69) is 25.3 Å². The van der Waals surface area contributed by atoms with Crippen LogP contribution in [0.1, 0.15) is 25.7 Å². The lowest BCUT2D eigenvalue weighted by Gasteiger charge is -1.92. The minimum atomic E-state index is -0.870. The molecule has 0 aliphatic rings. The molecule has 0 fully saturated rings. The molecule has 0 bridgehead atoms. The molecule has 0 unspecified atom stereocenters. The summed E-state index contributed by atoms with van der Waals surface area (Å²) in [5.74, 6) is -1.74. The van der Waals surface area contributed by atoms with Crippen LogP contribution in [-0.4, -0.2) is 22.2 Å². The van der Waals surface area contributed by atoms with Crippen molar-refractivity contribution in [1.29, 1.82) is 0 Å². The van der Waals surface area contributed by atoms with Crippen molar-refractivity contribution < 1.29 is 19.8 Å². The third-order valence-electron chi connectivity index (χ3n) is 2.54. The fourth-order valence-electron chi connectivity index (χ4n) is 1.41. The zero-order valence-electron chi connectivity index (χ0n) is 13.2. The van der Waals surface area contributed by atoms with Crippen LogP contribution in [0.5, 0.6) is 0 Å². The van der Waals surface area contributed by atoms with Gasteiger partial charge in [0.05, 0.1) is 0 Å². The molecule has 2 aromatic rings. The van der Waals surface area contributed by atoms with Gasteiger partial charge in [-0.2, -0.15) is 0 Å². The highest BCUT2D eigenvalue weighted by Crippen LogP contribution is 2.01. The van der Waals surface area contributed by atoms with Crippen LogP contribution in [0, 0.1) is 0 Å². The molecule has 0 saturated heterocycles. The third-order valence-corrected chi connectivity index (χ3v) is 3.14. The Bertz CT molecular complexity index is 521. The highest BCUT2D eigenvalue weighted by atomic mass is 32.1. The molecule has 6 heteroatoms. The van der Waals surface area contributed by atoms with Gasteiger partial charge in [0.15, 0.2) is 0 Å². The van der Waals surface area contributed by atoms with E-state index in [-0.39, 0.29) is 12.8 Å². The van der Waals surface area contributed by atoms with Crippen LogP contribution >= 0.6 is 25.3 Å². The van der Waals surface area contributed by atoms with Gasteiger partial charge in [-0.05, 0) is 37.1 Å². The van der Waals surface area contributed by atoms with Crippen LogP contribution < -0.4 is 0 Å². The van der Waals surface area contributed by atoms with Crippen molar-refractivity contribution in [3.8, 4) is 0 Å². The lowest BCUT2D eigenvalue weighted by atomic mass is 10.2. The first kappa shape index (κ1) is 22.1. The van der Waals surface area contributed by atoms with Gasteiger partial charge in [-0.15, -0.1) is 25.3 Å². The van der Waals surface area contributed by atoms with Crippen molar-refractivity contribution in [2.45, 2.75) is 35.5 Å². The normalized spacial score (nSPS) is 8.92. The highest BCUT2D eigenvalue weighted by molar-refractivity contribution is 7.80. The van der Waals surface area contributed by atoms with Gasteiger partial charge >= 0.3 is 11.9 Å². The molecule has 0 aliphatic heterocycles. The third kappa shape index (κ3) is 16.5. The molecule has 2 rings (SSSR count). The maximum atomic E-state index is 9.90. The number of rotatable bonds is 5. The summed E-state index contributed by atoms with van der Waals surface area (Å²) in [4.78, 5) is 21.8. The van der Waals surface area contributed by atoms with E-state index < -0.39 is 11.9 Å². The minimum Gasteiger partial charge on any atom is -0.481 e. The smallest absolute Gasteiger partial charge is 0.303 e. The van der Waals surface area contributed by atoms with Crippen LogP contribution in [0.25, 0.3) is 0 Å². The second kappa shape index (κ2) is 14.7. The van der Waals surface area contributed by atoms with Crippen LogP contribution in [0.4, 0.5) is 0 Å². The number of aliphatic carboxylic acids is 2. The molecule has 24 heavy (non-hydrogen) atoms. The molecule has 130 valence electrons. The molecular weight excluding hydrogens is 344 g/mol. The maximum Gasteiger partial charge on any atom is 0.303 e. The van der Waals surface area contributed by atoms with E-state index in [1.54, 1.807) is 0 Å².